The van der Waals surface area contributed by atoms with Crippen LogP contribution in [0.5, 0.6) is 5.75 Å². The van der Waals surface area contributed by atoms with Crippen LogP contribution in [0.1, 0.15) is 11.1 Å². The molecule has 0 fully saturated rings. The van der Waals surface area contributed by atoms with Crippen molar-refractivity contribution in [2.24, 2.45) is 0 Å². The molecule has 3 aromatic rings. The number of nitrogens with one attached hydrogen (secondary N) is 2. The average molecular weight is 457 g/mol. The minimum absolute atomic E-state index is 0.0682. The number of amides is 1. The minimum Gasteiger partial charge on any atom is -0.497 e. The molecule has 2 N–H and O–H groups in total. The zero-order valence-electron chi connectivity index (χ0n) is 16.9. The van der Waals surface area contributed by atoms with E-state index in [0.717, 1.165) is 11.3 Å². The van der Waals surface area contributed by atoms with Crippen LogP contribution in [0.25, 0.3) is 6.08 Å². The van der Waals surface area contributed by atoms with Crippen LogP contribution in [0.4, 0.5) is 11.4 Å². The fraction of sp³-hybridized carbons (Fsp3) is 0.0870. The fourth-order valence-corrected chi connectivity index (χ4v) is 4.01. The van der Waals surface area contributed by atoms with Crippen LogP contribution in [0.2, 0.25) is 5.02 Å². The monoisotopic (exact) mass is 456 g/mol. The number of carbonyl (C=O) groups excluding carboxylic acids is 1. The van der Waals surface area contributed by atoms with Gasteiger partial charge in [0, 0.05) is 16.8 Å². The Kier molecular flexibility index (Phi) is 6.99. The molecule has 0 saturated heterocycles. The number of hydrogen-bond donors (Lipinski definition) is 2. The first-order valence-corrected chi connectivity index (χ1v) is 11.2. The first kappa shape index (κ1) is 22.4. The molecule has 160 valence electrons. The Morgan fingerprint density at radius 3 is 2.32 bits per heavy atom. The second-order valence-electron chi connectivity index (χ2n) is 6.64. The van der Waals surface area contributed by atoms with Gasteiger partial charge in [-0.3, -0.25) is 9.52 Å². The molecule has 3 rings (SSSR count). The average Bonchev–Trinajstić information content (AvgIpc) is 2.76. The molecule has 1 amide bonds. The lowest BCUT2D eigenvalue weighted by Crippen LogP contribution is -2.14. The molecule has 3 aromatic carbocycles. The molecule has 31 heavy (non-hydrogen) atoms. The van der Waals surface area contributed by atoms with E-state index in [2.05, 4.69) is 10.0 Å². The maximum absolute atomic E-state index is 12.6. The van der Waals surface area contributed by atoms with Crippen molar-refractivity contribution in [3.8, 4) is 5.75 Å². The summed E-state index contributed by atoms with van der Waals surface area (Å²) in [5.41, 5.74) is 2.37. The highest BCUT2D eigenvalue weighted by Crippen LogP contribution is 2.26. The predicted molar refractivity (Wildman–Crippen MR) is 124 cm³/mol. The maximum Gasteiger partial charge on any atom is 0.261 e. The van der Waals surface area contributed by atoms with E-state index in [9.17, 15) is 13.2 Å². The number of sulfonamides is 1. The van der Waals surface area contributed by atoms with Crippen molar-refractivity contribution in [3.05, 3.63) is 89.0 Å². The molecule has 0 radical (unpaired) electrons. The van der Waals surface area contributed by atoms with Crippen LogP contribution in [-0.2, 0) is 14.8 Å². The van der Waals surface area contributed by atoms with E-state index in [1.165, 1.54) is 30.3 Å². The van der Waals surface area contributed by atoms with E-state index in [1.54, 1.807) is 50.4 Å². The quantitative estimate of drug-likeness (QED) is 0.484. The lowest BCUT2D eigenvalue weighted by Gasteiger charge is -2.12. The number of methoxy groups -OCH3 is 1. The Morgan fingerprint density at radius 2 is 1.68 bits per heavy atom. The number of halogens is 1. The molecule has 8 heteroatoms. The van der Waals surface area contributed by atoms with Gasteiger partial charge in [0.05, 0.1) is 17.7 Å². The second kappa shape index (κ2) is 9.68. The Bertz CT molecular complexity index is 1210. The standard InChI is InChI=1S/C23H21ClN2O4S/c1-16-21(24)4-3-5-22(16)26-31(28,29)20-13-9-18(10-14-20)25-23(27)15-8-17-6-11-19(30-2)12-7-17/h3-15,26H,1-2H3,(H,25,27)/b15-8+. The van der Waals surface area contributed by atoms with Gasteiger partial charge in [-0.2, -0.15) is 0 Å². The van der Waals surface area contributed by atoms with E-state index in [-0.39, 0.29) is 10.8 Å². The second-order valence-corrected chi connectivity index (χ2v) is 8.73. The van der Waals surface area contributed by atoms with E-state index in [0.29, 0.717) is 22.0 Å². The summed E-state index contributed by atoms with van der Waals surface area (Å²) in [7, 11) is -2.21. The molecular weight excluding hydrogens is 436 g/mol. The summed E-state index contributed by atoms with van der Waals surface area (Å²) >= 11 is 6.05. The highest BCUT2D eigenvalue weighted by Gasteiger charge is 2.16. The van der Waals surface area contributed by atoms with Gasteiger partial charge >= 0.3 is 0 Å². The van der Waals surface area contributed by atoms with Crippen molar-refractivity contribution >= 4 is 45.0 Å². The molecule has 0 aliphatic carbocycles. The summed E-state index contributed by atoms with van der Waals surface area (Å²) in [6.07, 6.45) is 3.07. The summed E-state index contributed by atoms with van der Waals surface area (Å²) in [5.74, 6) is 0.399. The molecular formula is C23H21ClN2O4S. The third-order valence-corrected chi connectivity index (χ3v) is 6.28. The fourth-order valence-electron chi connectivity index (χ4n) is 2.71. The molecule has 0 aliphatic heterocycles. The van der Waals surface area contributed by atoms with Crippen LogP contribution < -0.4 is 14.8 Å². The van der Waals surface area contributed by atoms with E-state index in [1.807, 2.05) is 12.1 Å². The Morgan fingerprint density at radius 1 is 1.00 bits per heavy atom. The first-order chi connectivity index (χ1) is 14.8. The van der Waals surface area contributed by atoms with Gasteiger partial charge in [-0.15, -0.1) is 0 Å². The molecule has 0 unspecified atom stereocenters. The summed E-state index contributed by atoms with van der Waals surface area (Å²) in [4.78, 5) is 12.2. The summed E-state index contributed by atoms with van der Waals surface area (Å²) in [5, 5.41) is 3.17. The minimum atomic E-state index is -3.80. The molecule has 0 aromatic heterocycles. The maximum atomic E-state index is 12.6. The number of ether oxygens (including phenoxy) is 1. The Labute approximate surface area is 186 Å². The summed E-state index contributed by atoms with van der Waals surface area (Å²) < 4.78 is 32.9. The Balaban J connectivity index is 1.65. The molecule has 0 spiro atoms. The van der Waals surface area contributed by atoms with Gasteiger partial charge in [0.1, 0.15) is 5.75 Å². The van der Waals surface area contributed by atoms with Crippen LogP contribution in [0, 0.1) is 6.92 Å². The first-order valence-electron chi connectivity index (χ1n) is 9.29. The van der Waals surface area contributed by atoms with Crippen LogP contribution in [-0.4, -0.2) is 21.4 Å². The number of benzene rings is 3. The van der Waals surface area contributed by atoms with Crippen molar-refractivity contribution in [3.63, 3.8) is 0 Å². The van der Waals surface area contributed by atoms with E-state index < -0.39 is 10.0 Å². The molecule has 0 aliphatic rings. The highest BCUT2D eigenvalue weighted by atomic mass is 35.5. The van der Waals surface area contributed by atoms with Gasteiger partial charge in [-0.25, -0.2) is 8.42 Å². The third kappa shape index (κ3) is 5.87. The number of anilines is 2. The van der Waals surface area contributed by atoms with Gasteiger partial charge in [0.2, 0.25) is 5.91 Å². The van der Waals surface area contributed by atoms with Gasteiger partial charge in [0.25, 0.3) is 10.0 Å². The van der Waals surface area contributed by atoms with Gasteiger partial charge in [-0.05, 0) is 72.7 Å². The van der Waals surface area contributed by atoms with Crippen molar-refractivity contribution in [1.82, 2.24) is 0 Å². The Hall–Kier alpha value is -3.29. The van der Waals surface area contributed by atoms with Crippen molar-refractivity contribution in [1.29, 1.82) is 0 Å². The van der Waals surface area contributed by atoms with Crippen LogP contribution in [0.3, 0.4) is 0 Å². The van der Waals surface area contributed by atoms with Gasteiger partial charge in [-0.1, -0.05) is 29.8 Å². The van der Waals surface area contributed by atoms with Crippen LogP contribution >= 0.6 is 11.6 Å². The third-order valence-electron chi connectivity index (χ3n) is 4.49. The molecule has 6 nitrogen and oxygen atoms in total. The van der Waals surface area contributed by atoms with Crippen molar-refractivity contribution < 1.29 is 17.9 Å². The SMILES string of the molecule is COc1ccc(/C=C/C(=O)Nc2ccc(S(=O)(=O)Nc3cccc(Cl)c3C)cc2)cc1. The lowest BCUT2D eigenvalue weighted by molar-refractivity contribution is -0.111. The molecule has 0 atom stereocenters. The van der Waals surface area contributed by atoms with Gasteiger partial charge < -0.3 is 10.1 Å². The van der Waals surface area contributed by atoms with Gasteiger partial charge in [0.15, 0.2) is 0 Å². The van der Waals surface area contributed by atoms with E-state index in [4.69, 9.17) is 16.3 Å². The molecule has 0 saturated carbocycles. The summed E-state index contributed by atoms with van der Waals surface area (Å²) in [6, 6.07) is 18.2. The van der Waals surface area contributed by atoms with Crippen LogP contribution in [0.15, 0.2) is 77.7 Å². The largest absolute Gasteiger partial charge is 0.497 e. The van der Waals surface area contributed by atoms with E-state index >= 15 is 0 Å². The zero-order chi connectivity index (χ0) is 22.4. The normalized spacial score (nSPS) is 11.3. The predicted octanol–water partition coefficient (Wildman–Crippen LogP) is 5.11. The highest BCUT2D eigenvalue weighted by molar-refractivity contribution is 7.92. The number of carbonyl (C=O) groups is 1. The molecule has 0 bridgehead atoms. The zero-order valence-corrected chi connectivity index (χ0v) is 18.5. The van der Waals surface area contributed by atoms with Crippen molar-refractivity contribution in [2.45, 2.75) is 11.8 Å². The number of rotatable bonds is 7. The topological polar surface area (TPSA) is 84.5 Å². The lowest BCUT2D eigenvalue weighted by atomic mass is 10.2. The van der Waals surface area contributed by atoms with Crippen molar-refractivity contribution in [2.75, 3.05) is 17.1 Å². The number of hydrogen-bond acceptors (Lipinski definition) is 4. The summed E-state index contributed by atoms with van der Waals surface area (Å²) in [6.45, 7) is 1.73. The molecule has 0 heterocycles. The smallest absolute Gasteiger partial charge is 0.261 e.